The first-order valence-corrected chi connectivity index (χ1v) is 9.77. The molecule has 1 N–H and O–H groups in total. The third kappa shape index (κ3) is 4.80. The van der Waals surface area contributed by atoms with E-state index in [9.17, 15) is 9.59 Å². The number of amides is 2. The second-order valence-corrected chi connectivity index (χ2v) is 7.51. The lowest BCUT2D eigenvalue weighted by atomic mass is 10.1. The summed E-state index contributed by atoms with van der Waals surface area (Å²) in [6, 6.07) is 9.69. The summed E-state index contributed by atoms with van der Waals surface area (Å²) in [5.41, 5.74) is 1.06. The molecule has 0 spiro atoms. The van der Waals surface area contributed by atoms with Gasteiger partial charge in [-0.05, 0) is 35.6 Å². The van der Waals surface area contributed by atoms with Gasteiger partial charge >= 0.3 is 0 Å². The Labute approximate surface area is 163 Å². The molecule has 1 aromatic heterocycles. The van der Waals surface area contributed by atoms with Gasteiger partial charge in [0.25, 0.3) is 0 Å². The van der Waals surface area contributed by atoms with Gasteiger partial charge in [0.05, 0.1) is 26.7 Å². The molecule has 6 nitrogen and oxygen atoms in total. The summed E-state index contributed by atoms with van der Waals surface area (Å²) in [5.74, 6) is 1.06. The van der Waals surface area contributed by atoms with Crippen molar-refractivity contribution >= 4 is 23.2 Å². The molecule has 1 atom stereocenters. The van der Waals surface area contributed by atoms with Gasteiger partial charge in [0.2, 0.25) is 11.8 Å². The van der Waals surface area contributed by atoms with Crippen molar-refractivity contribution in [3.05, 3.63) is 46.2 Å². The van der Waals surface area contributed by atoms with Crippen molar-refractivity contribution in [1.29, 1.82) is 0 Å². The molecule has 0 bridgehead atoms. The van der Waals surface area contributed by atoms with Crippen LogP contribution in [0.15, 0.2) is 35.7 Å². The molecule has 1 aliphatic rings. The third-order valence-corrected chi connectivity index (χ3v) is 5.60. The van der Waals surface area contributed by atoms with E-state index in [2.05, 4.69) is 5.32 Å². The number of hydrogen-bond donors (Lipinski definition) is 1. The van der Waals surface area contributed by atoms with Crippen molar-refractivity contribution in [2.24, 2.45) is 5.92 Å². The van der Waals surface area contributed by atoms with Crippen molar-refractivity contribution in [1.82, 2.24) is 10.2 Å². The minimum absolute atomic E-state index is 0.0340. The lowest BCUT2D eigenvalue weighted by Crippen LogP contribution is -2.33. The SMILES string of the molecule is COc1ccc(CCN2C[C@@H](C(=O)NCc3cccs3)CC2=O)cc1OC. The van der Waals surface area contributed by atoms with Crippen LogP contribution in [-0.4, -0.2) is 44.0 Å². The van der Waals surface area contributed by atoms with Crippen molar-refractivity contribution < 1.29 is 19.1 Å². The van der Waals surface area contributed by atoms with Crippen LogP contribution in [0.1, 0.15) is 16.9 Å². The highest BCUT2D eigenvalue weighted by atomic mass is 32.1. The number of ether oxygens (including phenoxy) is 2. The lowest BCUT2D eigenvalue weighted by molar-refractivity contribution is -0.129. The molecule has 1 aliphatic heterocycles. The van der Waals surface area contributed by atoms with E-state index in [-0.39, 0.29) is 24.2 Å². The molecule has 0 radical (unpaired) electrons. The monoisotopic (exact) mass is 388 g/mol. The summed E-state index contributed by atoms with van der Waals surface area (Å²) in [4.78, 5) is 27.5. The minimum Gasteiger partial charge on any atom is -0.493 e. The number of hydrogen-bond acceptors (Lipinski definition) is 5. The molecular formula is C20H24N2O4S. The maximum Gasteiger partial charge on any atom is 0.225 e. The maximum absolute atomic E-state index is 12.3. The molecule has 0 aliphatic carbocycles. The van der Waals surface area contributed by atoms with E-state index in [0.29, 0.717) is 37.6 Å². The van der Waals surface area contributed by atoms with E-state index in [1.165, 1.54) is 0 Å². The molecule has 0 unspecified atom stereocenters. The quantitative estimate of drug-likeness (QED) is 0.754. The highest BCUT2D eigenvalue weighted by Gasteiger charge is 2.33. The number of rotatable bonds is 8. The molecule has 1 saturated heterocycles. The van der Waals surface area contributed by atoms with Gasteiger partial charge in [0.1, 0.15) is 0 Å². The fourth-order valence-electron chi connectivity index (χ4n) is 3.20. The van der Waals surface area contributed by atoms with Gasteiger partial charge in [-0.25, -0.2) is 0 Å². The average Bonchev–Trinajstić information content (AvgIpc) is 3.33. The molecule has 27 heavy (non-hydrogen) atoms. The number of likely N-dealkylation sites (tertiary alicyclic amines) is 1. The molecule has 2 aromatic rings. The standard InChI is InChI=1S/C20H24N2O4S/c1-25-17-6-5-14(10-18(17)26-2)7-8-22-13-15(11-19(22)23)20(24)21-12-16-4-3-9-27-16/h3-6,9-10,15H,7-8,11-13H2,1-2H3,(H,21,24)/t15-/m0/s1. The van der Waals surface area contributed by atoms with E-state index in [0.717, 1.165) is 10.4 Å². The Morgan fingerprint density at radius 1 is 1.26 bits per heavy atom. The molecule has 1 fully saturated rings. The number of thiophene rings is 1. The first kappa shape index (κ1) is 19.2. The van der Waals surface area contributed by atoms with Gasteiger partial charge < -0.3 is 19.7 Å². The molecule has 7 heteroatoms. The molecule has 2 amide bonds. The van der Waals surface area contributed by atoms with Crippen LogP contribution in [0, 0.1) is 5.92 Å². The van der Waals surface area contributed by atoms with Crippen molar-refractivity contribution in [2.45, 2.75) is 19.4 Å². The first-order chi connectivity index (χ1) is 13.1. The van der Waals surface area contributed by atoms with E-state index < -0.39 is 0 Å². The van der Waals surface area contributed by atoms with Crippen LogP contribution < -0.4 is 14.8 Å². The zero-order valence-corrected chi connectivity index (χ0v) is 16.4. The Bertz CT molecular complexity index is 791. The third-order valence-electron chi connectivity index (χ3n) is 4.72. The number of nitrogens with one attached hydrogen (secondary N) is 1. The van der Waals surface area contributed by atoms with E-state index in [1.807, 2.05) is 35.7 Å². The predicted octanol–water partition coefficient (Wildman–Crippen LogP) is 2.47. The highest BCUT2D eigenvalue weighted by Crippen LogP contribution is 2.28. The van der Waals surface area contributed by atoms with E-state index in [4.69, 9.17) is 9.47 Å². The summed E-state index contributed by atoms with van der Waals surface area (Å²) in [6.45, 7) is 1.58. The topological polar surface area (TPSA) is 67.9 Å². The van der Waals surface area contributed by atoms with Crippen LogP contribution in [0.5, 0.6) is 11.5 Å². The Hall–Kier alpha value is -2.54. The van der Waals surface area contributed by atoms with Crippen LogP contribution in [0.4, 0.5) is 0 Å². The zero-order valence-electron chi connectivity index (χ0n) is 15.6. The average molecular weight is 388 g/mol. The second-order valence-electron chi connectivity index (χ2n) is 6.48. The van der Waals surface area contributed by atoms with Crippen LogP contribution in [0.3, 0.4) is 0 Å². The Balaban J connectivity index is 1.51. The number of carbonyl (C=O) groups excluding carboxylic acids is 2. The molecule has 144 valence electrons. The summed E-state index contributed by atoms with van der Waals surface area (Å²) >= 11 is 1.61. The fraction of sp³-hybridized carbons (Fsp3) is 0.400. The van der Waals surface area contributed by atoms with Gasteiger partial charge in [-0.1, -0.05) is 12.1 Å². The predicted molar refractivity (Wildman–Crippen MR) is 104 cm³/mol. The summed E-state index contributed by atoms with van der Waals surface area (Å²) in [6.07, 6.45) is 0.984. The maximum atomic E-state index is 12.3. The zero-order chi connectivity index (χ0) is 19.2. The minimum atomic E-state index is -0.275. The van der Waals surface area contributed by atoms with Gasteiger partial charge in [-0.2, -0.15) is 0 Å². The molecule has 0 saturated carbocycles. The summed E-state index contributed by atoms with van der Waals surface area (Å²) in [7, 11) is 3.20. The van der Waals surface area contributed by atoms with Crippen molar-refractivity contribution in [3.63, 3.8) is 0 Å². The van der Waals surface area contributed by atoms with Crippen LogP contribution >= 0.6 is 11.3 Å². The Morgan fingerprint density at radius 2 is 2.07 bits per heavy atom. The summed E-state index contributed by atoms with van der Waals surface area (Å²) in [5, 5.41) is 4.91. The lowest BCUT2D eigenvalue weighted by Gasteiger charge is -2.17. The largest absolute Gasteiger partial charge is 0.493 e. The van der Waals surface area contributed by atoms with Crippen LogP contribution in [0.25, 0.3) is 0 Å². The Morgan fingerprint density at radius 3 is 2.78 bits per heavy atom. The number of methoxy groups -OCH3 is 2. The highest BCUT2D eigenvalue weighted by molar-refractivity contribution is 7.09. The van der Waals surface area contributed by atoms with Crippen molar-refractivity contribution in [2.75, 3.05) is 27.3 Å². The first-order valence-electron chi connectivity index (χ1n) is 8.89. The van der Waals surface area contributed by atoms with Gasteiger partial charge in [-0.15, -0.1) is 11.3 Å². The smallest absolute Gasteiger partial charge is 0.225 e. The van der Waals surface area contributed by atoms with Crippen LogP contribution in [0.2, 0.25) is 0 Å². The normalized spacial score (nSPS) is 16.4. The number of nitrogens with zero attached hydrogens (tertiary/aromatic N) is 1. The summed E-state index contributed by atoms with van der Waals surface area (Å²) < 4.78 is 10.6. The Kier molecular flexibility index (Phi) is 6.34. The van der Waals surface area contributed by atoms with E-state index >= 15 is 0 Å². The molecule has 3 rings (SSSR count). The van der Waals surface area contributed by atoms with Gasteiger partial charge in [0.15, 0.2) is 11.5 Å². The number of benzene rings is 1. The van der Waals surface area contributed by atoms with E-state index in [1.54, 1.807) is 30.5 Å². The van der Waals surface area contributed by atoms with Crippen molar-refractivity contribution in [3.8, 4) is 11.5 Å². The second kappa shape index (κ2) is 8.90. The van der Waals surface area contributed by atoms with Crippen LogP contribution in [-0.2, 0) is 22.6 Å². The van der Waals surface area contributed by atoms with Gasteiger partial charge in [-0.3, -0.25) is 9.59 Å². The number of carbonyl (C=O) groups is 2. The molecule has 1 aromatic carbocycles. The van der Waals surface area contributed by atoms with Gasteiger partial charge in [0, 0.05) is 24.4 Å². The fourth-order valence-corrected chi connectivity index (χ4v) is 3.84. The molecule has 2 heterocycles. The molecular weight excluding hydrogens is 364 g/mol.